The third-order valence-corrected chi connectivity index (χ3v) is 4.09. The molecule has 0 amide bonds. The van der Waals surface area contributed by atoms with Crippen molar-refractivity contribution >= 4 is 15.9 Å². The summed E-state index contributed by atoms with van der Waals surface area (Å²) < 4.78 is 5.79. The molecule has 1 heterocycles. The summed E-state index contributed by atoms with van der Waals surface area (Å²) in [5, 5.41) is 0.970. The predicted molar refractivity (Wildman–Crippen MR) is 60.3 cm³/mol. The lowest BCUT2D eigenvalue weighted by molar-refractivity contribution is 0.0365. The minimum absolute atomic E-state index is 0.189. The fourth-order valence-corrected chi connectivity index (χ4v) is 2.21. The van der Waals surface area contributed by atoms with Gasteiger partial charge in [0.15, 0.2) is 0 Å². The molecule has 1 aliphatic rings. The summed E-state index contributed by atoms with van der Waals surface area (Å²) in [5.41, 5.74) is 0.189. The molecule has 0 saturated carbocycles. The highest BCUT2D eigenvalue weighted by Gasteiger charge is 2.29. The third-order valence-electron chi connectivity index (χ3n) is 2.81. The minimum atomic E-state index is 0.189. The van der Waals surface area contributed by atoms with Crippen LogP contribution in [0.25, 0.3) is 0 Å². The lowest BCUT2D eigenvalue weighted by Crippen LogP contribution is -2.23. The van der Waals surface area contributed by atoms with E-state index >= 15 is 0 Å². The van der Waals surface area contributed by atoms with Crippen molar-refractivity contribution in [3.63, 3.8) is 0 Å². The molecule has 0 radical (unpaired) electrons. The Hall–Kier alpha value is 0.180. The molecule has 13 heavy (non-hydrogen) atoms. The second-order valence-corrected chi connectivity index (χ2v) is 4.90. The molecule has 0 aromatic carbocycles. The largest absolute Gasteiger partial charge is 0.375 e. The maximum atomic E-state index is 5.79. The van der Waals surface area contributed by atoms with E-state index in [1.54, 1.807) is 0 Å². The first-order valence-electron chi connectivity index (χ1n) is 4.94. The second-order valence-electron chi connectivity index (χ2n) is 4.34. The number of hydrogen-bond donors (Lipinski definition) is 0. The molecule has 1 rings (SSSR count). The zero-order chi connectivity index (χ0) is 9.90. The maximum absolute atomic E-state index is 5.79. The molecule has 0 bridgehead atoms. The van der Waals surface area contributed by atoms with E-state index in [4.69, 9.17) is 4.74 Å². The molecule has 0 aromatic rings. The van der Waals surface area contributed by atoms with Crippen molar-refractivity contribution in [3.05, 3.63) is 12.7 Å². The fourth-order valence-electron chi connectivity index (χ4n) is 1.75. The molecular formula is C11H19BrO. The van der Waals surface area contributed by atoms with E-state index in [2.05, 4.69) is 36.4 Å². The number of hydrogen-bond acceptors (Lipinski definition) is 1. The van der Waals surface area contributed by atoms with Gasteiger partial charge in [-0.1, -0.05) is 28.9 Å². The van der Waals surface area contributed by atoms with Crippen LogP contribution in [0.5, 0.6) is 0 Å². The lowest BCUT2D eigenvalue weighted by Gasteiger charge is -2.26. The van der Waals surface area contributed by atoms with Gasteiger partial charge in [-0.15, -0.1) is 6.58 Å². The molecule has 1 nitrogen and oxygen atoms in total. The van der Waals surface area contributed by atoms with Gasteiger partial charge in [-0.3, -0.25) is 0 Å². The molecule has 76 valence electrons. The van der Waals surface area contributed by atoms with Crippen LogP contribution in [-0.4, -0.2) is 17.5 Å². The van der Waals surface area contributed by atoms with Crippen LogP contribution in [0, 0.1) is 5.41 Å². The maximum Gasteiger partial charge on any atom is 0.0588 e. The summed E-state index contributed by atoms with van der Waals surface area (Å²) in [7, 11) is 0. The summed E-state index contributed by atoms with van der Waals surface area (Å²) in [5.74, 6) is 0. The standard InChI is InChI=1S/C11H19BrO/c1-4-11(3,8-12)7-10-6-5-9(2)13-10/h4,9-10H,1,5-8H2,2-3H3. The molecule has 0 spiro atoms. The van der Waals surface area contributed by atoms with Gasteiger partial charge < -0.3 is 4.74 Å². The molecule has 0 aromatic heterocycles. The number of ether oxygens (including phenoxy) is 1. The van der Waals surface area contributed by atoms with Crippen molar-refractivity contribution in [2.75, 3.05) is 5.33 Å². The zero-order valence-corrected chi connectivity index (χ0v) is 10.1. The van der Waals surface area contributed by atoms with Crippen LogP contribution in [0.3, 0.4) is 0 Å². The quantitative estimate of drug-likeness (QED) is 0.545. The summed E-state index contributed by atoms with van der Waals surface area (Å²) in [6.45, 7) is 8.25. The van der Waals surface area contributed by atoms with E-state index in [1.807, 2.05) is 6.08 Å². The van der Waals surface area contributed by atoms with Crippen LogP contribution in [0.1, 0.15) is 33.1 Å². The van der Waals surface area contributed by atoms with E-state index in [9.17, 15) is 0 Å². The molecule has 1 aliphatic heterocycles. The van der Waals surface area contributed by atoms with Crippen molar-refractivity contribution in [1.29, 1.82) is 0 Å². The summed E-state index contributed by atoms with van der Waals surface area (Å²) >= 11 is 3.53. The molecule has 3 unspecified atom stereocenters. The topological polar surface area (TPSA) is 9.23 Å². The van der Waals surface area contributed by atoms with E-state index in [0.29, 0.717) is 12.2 Å². The smallest absolute Gasteiger partial charge is 0.0588 e. The number of allylic oxidation sites excluding steroid dienone is 1. The van der Waals surface area contributed by atoms with Gasteiger partial charge in [-0.25, -0.2) is 0 Å². The molecule has 0 aliphatic carbocycles. The Labute approximate surface area is 89.7 Å². The Morgan fingerprint density at radius 3 is 2.69 bits per heavy atom. The van der Waals surface area contributed by atoms with Gasteiger partial charge >= 0.3 is 0 Å². The second kappa shape index (κ2) is 4.61. The van der Waals surface area contributed by atoms with Crippen LogP contribution in [0.15, 0.2) is 12.7 Å². The van der Waals surface area contributed by atoms with Gasteiger partial charge in [0.25, 0.3) is 0 Å². The monoisotopic (exact) mass is 246 g/mol. The van der Waals surface area contributed by atoms with E-state index in [-0.39, 0.29) is 5.41 Å². The Kier molecular flexibility index (Phi) is 3.99. The van der Waals surface area contributed by atoms with Crippen LogP contribution in [0.2, 0.25) is 0 Å². The minimum Gasteiger partial charge on any atom is -0.375 e. The Morgan fingerprint density at radius 2 is 2.31 bits per heavy atom. The summed E-state index contributed by atoms with van der Waals surface area (Å²) in [6.07, 6.45) is 6.43. The highest BCUT2D eigenvalue weighted by Crippen LogP contribution is 2.33. The fraction of sp³-hybridized carbons (Fsp3) is 0.818. The van der Waals surface area contributed by atoms with Crippen molar-refractivity contribution in [1.82, 2.24) is 0 Å². The average Bonchev–Trinajstić information content (AvgIpc) is 2.51. The average molecular weight is 247 g/mol. The number of halogens is 1. The molecule has 0 N–H and O–H groups in total. The van der Waals surface area contributed by atoms with Crippen molar-refractivity contribution in [2.24, 2.45) is 5.41 Å². The SMILES string of the molecule is C=CC(C)(CBr)CC1CCC(C)O1. The van der Waals surface area contributed by atoms with Gasteiger partial charge in [0, 0.05) is 5.33 Å². The van der Waals surface area contributed by atoms with Gasteiger partial charge in [0.05, 0.1) is 12.2 Å². The molecule has 1 saturated heterocycles. The van der Waals surface area contributed by atoms with E-state index in [0.717, 1.165) is 11.8 Å². The van der Waals surface area contributed by atoms with Gasteiger partial charge in [-0.05, 0) is 31.6 Å². The molecule has 1 fully saturated rings. The van der Waals surface area contributed by atoms with E-state index < -0.39 is 0 Å². The molecular weight excluding hydrogens is 228 g/mol. The first-order valence-corrected chi connectivity index (χ1v) is 6.07. The van der Waals surface area contributed by atoms with Crippen LogP contribution in [-0.2, 0) is 4.74 Å². The highest BCUT2D eigenvalue weighted by molar-refractivity contribution is 9.09. The Morgan fingerprint density at radius 1 is 1.62 bits per heavy atom. The normalized spacial score (nSPS) is 32.8. The first kappa shape index (κ1) is 11.3. The van der Waals surface area contributed by atoms with Gasteiger partial charge in [-0.2, -0.15) is 0 Å². The first-order chi connectivity index (χ1) is 6.09. The van der Waals surface area contributed by atoms with E-state index in [1.165, 1.54) is 12.8 Å². The molecule has 3 atom stereocenters. The zero-order valence-electron chi connectivity index (χ0n) is 8.55. The predicted octanol–water partition coefficient (Wildman–Crippen LogP) is 3.53. The Bertz CT molecular complexity index is 181. The van der Waals surface area contributed by atoms with Crippen LogP contribution in [0.4, 0.5) is 0 Å². The highest BCUT2D eigenvalue weighted by atomic mass is 79.9. The van der Waals surface area contributed by atoms with Crippen LogP contribution < -0.4 is 0 Å². The van der Waals surface area contributed by atoms with Crippen molar-refractivity contribution in [3.8, 4) is 0 Å². The lowest BCUT2D eigenvalue weighted by atomic mass is 9.86. The van der Waals surface area contributed by atoms with Gasteiger partial charge in [0.2, 0.25) is 0 Å². The number of alkyl halides is 1. The third kappa shape index (κ3) is 3.10. The number of rotatable bonds is 4. The van der Waals surface area contributed by atoms with Gasteiger partial charge in [0.1, 0.15) is 0 Å². The Balaban J connectivity index is 2.43. The van der Waals surface area contributed by atoms with Crippen LogP contribution >= 0.6 is 15.9 Å². The van der Waals surface area contributed by atoms with Crippen molar-refractivity contribution < 1.29 is 4.74 Å². The van der Waals surface area contributed by atoms with Crippen molar-refractivity contribution in [2.45, 2.75) is 45.3 Å². The summed E-state index contributed by atoms with van der Waals surface area (Å²) in [6, 6.07) is 0. The summed E-state index contributed by atoms with van der Waals surface area (Å²) in [4.78, 5) is 0. The molecule has 2 heteroatoms.